The molecule has 1 aromatic carbocycles. The number of benzene rings is 1. The Bertz CT molecular complexity index is 686. The van der Waals surface area contributed by atoms with Crippen LogP contribution < -0.4 is 10.5 Å². The number of nitro groups is 1. The molecule has 1 fully saturated rings. The second-order valence-corrected chi connectivity index (χ2v) is 4.83. The third kappa shape index (κ3) is 2.05. The molecular formula is C13H12FN3O3. The van der Waals surface area contributed by atoms with Crippen LogP contribution in [0, 0.1) is 15.9 Å². The van der Waals surface area contributed by atoms with Gasteiger partial charge >= 0.3 is 0 Å². The van der Waals surface area contributed by atoms with Crippen LogP contribution in [-0.4, -0.2) is 22.1 Å². The molecule has 1 aliphatic rings. The zero-order chi connectivity index (χ0) is 14.3. The number of nitrogens with two attached hydrogens (primary N) is 1. The van der Waals surface area contributed by atoms with Gasteiger partial charge in [-0.15, -0.1) is 0 Å². The lowest BCUT2D eigenvalue weighted by Crippen LogP contribution is -2.43. The fraction of sp³-hybridized carbons (Fsp3) is 0.308. The van der Waals surface area contributed by atoms with E-state index in [4.69, 9.17) is 10.5 Å². The van der Waals surface area contributed by atoms with Gasteiger partial charge in [0.25, 0.3) is 5.69 Å². The van der Waals surface area contributed by atoms with Crippen molar-refractivity contribution < 1.29 is 14.1 Å². The largest absolute Gasteiger partial charge is 0.485 e. The van der Waals surface area contributed by atoms with E-state index >= 15 is 0 Å². The van der Waals surface area contributed by atoms with E-state index in [1.807, 2.05) is 0 Å². The summed E-state index contributed by atoms with van der Waals surface area (Å²) in [5.41, 5.74) is 5.51. The van der Waals surface area contributed by atoms with Gasteiger partial charge in [-0.25, -0.2) is 4.39 Å². The van der Waals surface area contributed by atoms with Crippen molar-refractivity contribution in [2.45, 2.75) is 25.0 Å². The first-order valence-corrected chi connectivity index (χ1v) is 6.20. The van der Waals surface area contributed by atoms with Crippen molar-refractivity contribution in [1.82, 2.24) is 4.98 Å². The second-order valence-electron chi connectivity index (χ2n) is 4.83. The average Bonchev–Trinajstić information content (AvgIpc) is 2.39. The molecule has 1 saturated carbocycles. The van der Waals surface area contributed by atoms with Gasteiger partial charge in [-0.05, 0) is 25.0 Å². The van der Waals surface area contributed by atoms with Crippen molar-refractivity contribution in [3.8, 4) is 5.75 Å². The van der Waals surface area contributed by atoms with E-state index in [-0.39, 0.29) is 34.5 Å². The summed E-state index contributed by atoms with van der Waals surface area (Å²) in [6.45, 7) is 0. The second kappa shape index (κ2) is 4.68. The molecule has 0 unspecified atom stereocenters. The Morgan fingerprint density at radius 2 is 2.25 bits per heavy atom. The summed E-state index contributed by atoms with van der Waals surface area (Å²) in [7, 11) is 0. The molecule has 1 heterocycles. The Hall–Kier alpha value is -2.28. The average molecular weight is 277 g/mol. The first kappa shape index (κ1) is 12.7. The Balaban J connectivity index is 2.10. The maximum Gasteiger partial charge on any atom is 0.281 e. The van der Waals surface area contributed by atoms with Gasteiger partial charge < -0.3 is 10.5 Å². The maximum atomic E-state index is 14.1. The van der Waals surface area contributed by atoms with Gasteiger partial charge in [0.2, 0.25) is 0 Å². The van der Waals surface area contributed by atoms with E-state index in [0.29, 0.717) is 12.8 Å². The first-order valence-electron chi connectivity index (χ1n) is 6.20. The minimum atomic E-state index is -0.775. The smallest absolute Gasteiger partial charge is 0.281 e. The molecule has 20 heavy (non-hydrogen) atoms. The number of pyridine rings is 1. The number of hydrogen-bond acceptors (Lipinski definition) is 5. The zero-order valence-electron chi connectivity index (χ0n) is 10.5. The highest BCUT2D eigenvalue weighted by Gasteiger charge is 2.30. The highest BCUT2D eigenvalue weighted by Crippen LogP contribution is 2.36. The Kier molecular flexibility index (Phi) is 2.98. The number of ether oxygens (including phenoxy) is 1. The van der Waals surface area contributed by atoms with Crippen molar-refractivity contribution in [1.29, 1.82) is 0 Å². The highest BCUT2D eigenvalue weighted by atomic mass is 19.1. The molecular weight excluding hydrogens is 265 g/mol. The quantitative estimate of drug-likeness (QED) is 0.685. The number of nitro benzene ring substituents is 1. The van der Waals surface area contributed by atoms with Crippen LogP contribution in [0.25, 0.3) is 10.9 Å². The van der Waals surface area contributed by atoms with Gasteiger partial charge in [-0.3, -0.25) is 15.1 Å². The van der Waals surface area contributed by atoms with Crippen molar-refractivity contribution in [2.75, 3.05) is 0 Å². The lowest BCUT2D eigenvalue weighted by Gasteiger charge is -2.32. The van der Waals surface area contributed by atoms with E-state index in [0.717, 1.165) is 6.07 Å². The Labute approximate surface area is 113 Å². The van der Waals surface area contributed by atoms with Crippen LogP contribution in [0.2, 0.25) is 0 Å². The third-order valence-electron chi connectivity index (χ3n) is 3.39. The summed E-state index contributed by atoms with van der Waals surface area (Å²) < 4.78 is 19.6. The molecule has 1 aliphatic carbocycles. The molecule has 0 amide bonds. The SMILES string of the molecule is NC1CC(Oc2c(F)cc([N+](=O)[O-])c3cccnc23)C1. The molecule has 2 aromatic rings. The summed E-state index contributed by atoms with van der Waals surface area (Å²) in [6.07, 6.45) is 2.58. The van der Waals surface area contributed by atoms with Crippen molar-refractivity contribution in [3.05, 3.63) is 40.3 Å². The van der Waals surface area contributed by atoms with E-state index in [1.54, 1.807) is 6.07 Å². The van der Waals surface area contributed by atoms with Crippen LogP contribution in [0.1, 0.15) is 12.8 Å². The van der Waals surface area contributed by atoms with E-state index < -0.39 is 10.7 Å². The normalized spacial score (nSPS) is 21.5. The molecule has 0 bridgehead atoms. The lowest BCUT2D eigenvalue weighted by atomic mass is 9.90. The molecule has 0 atom stereocenters. The number of aromatic nitrogens is 1. The van der Waals surface area contributed by atoms with Crippen LogP contribution in [0.5, 0.6) is 5.75 Å². The summed E-state index contributed by atoms with van der Waals surface area (Å²) in [5.74, 6) is -0.813. The molecule has 104 valence electrons. The van der Waals surface area contributed by atoms with Crippen LogP contribution in [0.15, 0.2) is 24.4 Å². The fourth-order valence-corrected chi connectivity index (χ4v) is 2.30. The molecule has 0 spiro atoms. The third-order valence-corrected chi connectivity index (χ3v) is 3.39. The first-order chi connectivity index (χ1) is 9.56. The van der Waals surface area contributed by atoms with Crippen LogP contribution in [0.3, 0.4) is 0 Å². The standard InChI is InChI=1S/C13H12FN3O3/c14-10-6-11(17(18)19)9-2-1-3-16-12(9)13(10)20-8-4-7(15)5-8/h1-3,6-8H,4-5,15H2. The predicted molar refractivity (Wildman–Crippen MR) is 70.0 cm³/mol. The van der Waals surface area contributed by atoms with Gasteiger partial charge in [0.05, 0.1) is 16.4 Å². The Morgan fingerprint density at radius 3 is 2.90 bits per heavy atom. The van der Waals surface area contributed by atoms with Crippen LogP contribution in [0.4, 0.5) is 10.1 Å². The van der Waals surface area contributed by atoms with Crippen LogP contribution >= 0.6 is 0 Å². The summed E-state index contributed by atoms with van der Waals surface area (Å²) in [4.78, 5) is 14.4. The summed E-state index contributed by atoms with van der Waals surface area (Å²) in [5, 5.41) is 11.2. The molecule has 0 radical (unpaired) electrons. The van der Waals surface area contributed by atoms with Gasteiger partial charge in [-0.2, -0.15) is 0 Å². The van der Waals surface area contributed by atoms with Gasteiger partial charge in [-0.1, -0.05) is 0 Å². The lowest BCUT2D eigenvalue weighted by molar-refractivity contribution is -0.383. The zero-order valence-corrected chi connectivity index (χ0v) is 10.5. The number of halogens is 1. The van der Waals surface area contributed by atoms with E-state index in [9.17, 15) is 14.5 Å². The predicted octanol–water partition coefficient (Wildman–Crippen LogP) is 2.15. The van der Waals surface area contributed by atoms with E-state index in [1.165, 1.54) is 12.3 Å². The number of fused-ring (bicyclic) bond motifs is 1. The number of non-ortho nitro benzene ring substituents is 1. The summed E-state index contributed by atoms with van der Waals surface area (Å²) in [6, 6.07) is 4.04. The highest BCUT2D eigenvalue weighted by molar-refractivity contribution is 5.92. The van der Waals surface area contributed by atoms with Gasteiger partial charge in [0.15, 0.2) is 11.6 Å². The molecule has 1 aromatic heterocycles. The molecule has 0 aliphatic heterocycles. The maximum absolute atomic E-state index is 14.1. The van der Waals surface area contributed by atoms with Gasteiger partial charge in [0.1, 0.15) is 11.6 Å². The number of hydrogen-bond donors (Lipinski definition) is 1. The fourth-order valence-electron chi connectivity index (χ4n) is 2.30. The molecule has 3 rings (SSSR count). The topological polar surface area (TPSA) is 91.3 Å². The van der Waals surface area contributed by atoms with Crippen molar-refractivity contribution in [3.63, 3.8) is 0 Å². The number of rotatable bonds is 3. The van der Waals surface area contributed by atoms with Gasteiger partial charge in [0, 0.05) is 12.2 Å². The Morgan fingerprint density at radius 1 is 1.50 bits per heavy atom. The minimum Gasteiger partial charge on any atom is -0.485 e. The molecule has 7 heteroatoms. The minimum absolute atomic E-state index is 0.0388. The van der Waals surface area contributed by atoms with E-state index in [2.05, 4.69) is 4.98 Å². The summed E-state index contributed by atoms with van der Waals surface area (Å²) >= 11 is 0. The molecule has 0 saturated heterocycles. The van der Waals surface area contributed by atoms with Crippen molar-refractivity contribution in [2.24, 2.45) is 5.73 Å². The molecule has 6 nitrogen and oxygen atoms in total. The monoisotopic (exact) mass is 277 g/mol. The number of nitrogens with zero attached hydrogens (tertiary/aromatic N) is 2. The van der Waals surface area contributed by atoms with Crippen LogP contribution in [-0.2, 0) is 0 Å². The van der Waals surface area contributed by atoms with Crippen molar-refractivity contribution >= 4 is 16.6 Å². The molecule has 2 N–H and O–H groups in total.